The molecule has 0 spiro atoms. The Hall–Kier alpha value is -9.13. The van der Waals surface area contributed by atoms with Crippen molar-refractivity contribution in [2.24, 2.45) is 9.98 Å². The van der Waals surface area contributed by atoms with E-state index in [1.807, 2.05) is 24.3 Å². The van der Waals surface area contributed by atoms with Crippen LogP contribution in [0.4, 0.5) is 0 Å². The number of hydrogen-bond acceptors (Lipinski definition) is 4. The lowest BCUT2D eigenvalue weighted by atomic mass is 9.94. The second-order valence-electron chi connectivity index (χ2n) is 17.2. The van der Waals surface area contributed by atoms with E-state index < -0.39 is 0 Å². The van der Waals surface area contributed by atoms with Gasteiger partial charge in [0, 0.05) is 38.2 Å². The fraction of sp³-hybridized carbons (Fsp3) is 0.0161. The third-order valence-electron chi connectivity index (χ3n) is 13.2. The highest BCUT2D eigenvalue weighted by Gasteiger charge is 2.28. The van der Waals surface area contributed by atoms with Gasteiger partial charge in [-0.3, -0.25) is 4.57 Å². The first-order valence-corrected chi connectivity index (χ1v) is 23.1. The first-order chi connectivity index (χ1) is 33.7. The predicted molar refractivity (Wildman–Crippen MR) is 281 cm³/mol. The van der Waals surface area contributed by atoms with Gasteiger partial charge in [0.05, 0.1) is 39.1 Å². The van der Waals surface area contributed by atoms with Crippen molar-refractivity contribution in [3.8, 4) is 50.5 Å². The molecule has 1 unspecified atom stereocenters. The zero-order valence-corrected chi connectivity index (χ0v) is 36.9. The van der Waals surface area contributed by atoms with E-state index in [4.69, 9.17) is 15.0 Å². The van der Waals surface area contributed by atoms with Crippen molar-refractivity contribution in [2.75, 3.05) is 0 Å². The Morgan fingerprint density at radius 2 is 0.853 bits per heavy atom. The van der Waals surface area contributed by atoms with E-state index in [1.165, 1.54) is 0 Å². The Morgan fingerprint density at radius 3 is 1.51 bits per heavy atom. The third kappa shape index (κ3) is 6.61. The third-order valence-corrected chi connectivity index (χ3v) is 13.2. The molecule has 1 aliphatic heterocycles. The van der Waals surface area contributed by atoms with E-state index in [0.717, 1.165) is 105 Å². The molecule has 0 saturated carbocycles. The van der Waals surface area contributed by atoms with Gasteiger partial charge in [-0.2, -0.15) is 4.99 Å². The fourth-order valence-electron chi connectivity index (χ4n) is 10.1. The Morgan fingerprint density at radius 1 is 0.368 bits per heavy atom. The van der Waals surface area contributed by atoms with Crippen molar-refractivity contribution >= 4 is 55.4 Å². The molecule has 3 aromatic heterocycles. The smallest absolute Gasteiger partial charge is 0.212 e. The number of aromatic nitrogens is 3. The van der Waals surface area contributed by atoms with Crippen LogP contribution in [0.3, 0.4) is 0 Å². The van der Waals surface area contributed by atoms with Crippen LogP contribution in [0.2, 0.25) is 0 Å². The van der Waals surface area contributed by atoms with Gasteiger partial charge in [-0.15, -0.1) is 0 Å². The SMILES string of the molecule is c1ccc(C2=NC(c3ccccc3)NC(n3c4ccccc4c4ccc5c6ccccc6n(-c6ccccc6-c6cc(-c7ccccc7)cc(-c7ccccc7-c7ccccc7)n6)c5c43)=N2)cc1. The van der Waals surface area contributed by atoms with E-state index in [2.05, 4.69) is 233 Å². The molecule has 0 saturated heterocycles. The van der Waals surface area contributed by atoms with Crippen LogP contribution in [0.15, 0.2) is 253 Å². The minimum absolute atomic E-state index is 0.370. The summed E-state index contributed by atoms with van der Waals surface area (Å²) in [5.41, 5.74) is 15.7. The normalized spacial score (nSPS) is 13.7. The quantitative estimate of drug-likeness (QED) is 0.173. The maximum Gasteiger partial charge on any atom is 0.212 e. The van der Waals surface area contributed by atoms with E-state index in [1.54, 1.807) is 0 Å². The highest BCUT2D eigenvalue weighted by Crippen LogP contribution is 2.43. The zero-order chi connectivity index (χ0) is 45.0. The molecule has 9 aromatic carbocycles. The summed E-state index contributed by atoms with van der Waals surface area (Å²) in [6, 6.07) is 85.7. The number of amidine groups is 1. The summed E-state index contributed by atoms with van der Waals surface area (Å²) in [5.74, 6) is 1.38. The van der Waals surface area contributed by atoms with Gasteiger partial charge in [-0.25, -0.2) is 9.98 Å². The molecule has 1 aliphatic rings. The molecule has 4 heterocycles. The largest absolute Gasteiger partial charge is 0.330 e. The topological polar surface area (TPSA) is 59.5 Å². The Labute approximate surface area is 393 Å². The van der Waals surface area contributed by atoms with Crippen molar-refractivity contribution in [2.45, 2.75) is 6.17 Å². The van der Waals surface area contributed by atoms with E-state index >= 15 is 0 Å². The van der Waals surface area contributed by atoms with Gasteiger partial charge < -0.3 is 9.88 Å². The highest BCUT2D eigenvalue weighted by molar-refractivity contribution is 6.26. The molecule has 0 radical (unpaired) electrons. The standard InChI is InChI=1S/C62H42N6/c1-5-21-41(22-6-1)45-39-53(47-30-14-13-29-46(47)42-23-7-2-8-24-42)63-54(40-45)52-33-17-20-36-57(52)67-55-34-18-15-31-48(55)50-37-38-51-49-32-16-19-35-56(49)68(59(51)58(50)67)62-65-60(43-25-9-3-10-26-43)64-61(66-62)44-27-11-4-12-28-44/h1-40,60H,(H,64,65,66). The number of hydrogen-bond donors (Lipinski definition) is 1. The van der Waals surface area contributed by atoms with Crippen LogP contribution in [0.25, 0.3) is 94.1 Å². The summed E-state index contributed by atoms with van der Waals surface area (Å²) in [6.45, 7) is 0. The lowest BCUT2D eigenvalue weighted by Gasteiger charge is -2.25. The van der Waals surface area contributed by atoms with Gasteiger partial charge in [0.2, 0.25) is 5.96 Å². The van der Waals surface area contributed by atoms with Gasteiger partial charge >= 0.3 is 0 Å². The minimum atomic E-state index is -0.370. The number of benzene rings is 9. The average Bonchev–Trinajstić information content (AvgIpc) is 3.95. The van der Waals surface area contributed by atoms with Crippen LogP contribution in [0.1, 0.15) is 17.3 Å². The summed E-state index contributed by atoms with van der Waals surface area (Å²) < 4.78 is 4.78. The maximum absolute atomic E-state index is 5.62. The molecule has 12 aromatic rings. The zero-order valence-electron chi connectivity index (χ0n) is 36.9. The molecule has 320 valence electrons. The van der Waals surface area contributed by atoms with Crippen LogP contribution in [-0.4, -0.2) is 25.9 Å². The summed E-state index contributed by atoms with van der Waals surface area (Å²) in [6.07, 6.45) is -0.370. The minimum Gasteiger partial charge on any atom is -0.330 e. The molecule has 13 rings (SSSR count). The van der Waals surface area contributed by atoms with Crippen LogP contribution < -0.4 is 5.32 Å². The molecular weight excluding hydrogens is 829 g/mol. The van der Waals surface area contributed by atoms with Crippen LogP contribution >= 0.6 is 0 Å². The number of pyridine rings is 1. The maximum atomic E-state index is 5.62. The van der Waals surface area contributed by atoms with Gasteiger partial charge in [-0.05, 0) is 58.1 Å². The molecule has 6 heteroatoms. The van der Waals surface area contributed by atoms with Gasteiger partial charge in [-0.1, -0.05) is 212 Å². The van der Waals surface area contributed by atoms with Crippen molar-refractivity contribution < 1.29 is 0 Å². The lowest BCUT2D eigenvalue weighted by molar-refractivity contribution is 0.661. The monoisotopic (exact) mass is 870 g/mol. The van der Waals surface area contributed by atoms with Crippen LogP contribution in [-0.2, 0) is 0 Å². The molecule has 0 fully saturated rings. The molecule has 0 amide bonds. The number of fused-ring (bicyclic) bond motifs is 7. The summed E-state index contributed by atoms with van der Waals surface area (Å²) in [7, 11) is 0. The Balaban J connectivity index is 1.10. The lowest BCUT2D eigenvalue weighted by Crippen LogP contribution is -2.37. The Bertz CT molecular complexity index is 3920. The molecule has 0 aliphatic carbocycles. The fourth-order valence-corrected chi connectivity index (χ4v) is 10.1. The first kappa shape index (κ1) is 39.3. The number of rotatable bonds is 7. The first-order valence-electron chi connectivity index (χ1n) is 23.1. The van der Waals surface area contributed by atoms with Crippen LogP contribution in [0.5, 0.6) is 0 Å². The van der Waals surface area contributed by atoms with Gasteiger partial charge in [0.1, 0.15) is 6.17 Å². The Kier molecular flexibility index (Phi) is 9.46. The number of aliphatic imine (C=N–C) groups is 2. The molecule has 1 atom stereocenters. The second-order valence-corrected chi connectivity index (χ2v) is 17.2. The highest BCUT2D eigenvalue weighted by atomic mass is 15.3. The van der Waals surface area contributed by atoms with Crippen LogP contribution in [0, 0.1) is 0 Å². The molecule has 0 bridgehead atoms. The summed E-state index contributed by atoms with van der Waals surface area (Å²) in [5, 5.41) is 8.38. The molecule has 6 nitrogen and oxygen atoms in total. The number of nitrogens with zero attached hydrogens (tertiary/aromatic N) is 5. The number of para-hydroxylation sites is 3. The van der Waals surface area contributed by atoms with Gasteiger partial charge in [0.15, 0.2) is 5.84 Å². The molecule has 68 heavy (non-hydrogen) atoms. The van der Waals surface area contributed by atoms with E-state index in [-0.39, 0.29) is 6.17 Å². The van der Waals surface area contributed by atoms with Gasteiger partial charge in [0.25, 0.3) is 0 Å². The van der Waals surface area contributed by atoms with E-state index in [9.17, 15) is 0 Å². The van der Waals surface area contributed by atoms with Crippen molar-refractivity contribution in [1.29, 1.82) is 0 Å². The van der Waals surface area contributed by atoms with Crippen molar-refractivity contribution in [1.82, 2.24) is 19.4 Å². The second kappa shape index (κ2) is 16.4. The van der Waals surface area contributed by atoms with Crippen molar-refractivity contribution in [3.63, 3.8) is 0 Å². The predicted octanol–water partition coefficient (Wildman–Crippen LogP) is 14.9. The van der Waals surface area contributed by atoms with Crippen molar-refractivity contribution in [3.05, 3.63) is 254 Å². The number of nitrogens with one attached hydrogen (secondary N) is 1. The van der Waals surface area contributed by atoms with E-state index in [0.29, 0.717) is 11.8 Å². The summed E-state index contributed by atoms with van der Waals surface area (Å²) >= 11 is 0. The average molecular weight is 871 g/mol. The molecule has 1 N–H and O–H groups in total. The summed E-state index contributed by atoms with van der Waals surface area (Å²) in [4.78, 5) is 16.2. The molecular formula is C62H42N6.